The fourth-order valence-corrected chi connectivity index (χ4v) is 2.64. The largest absolute Gasteiger partial charge is 0.383 e. The number of anilines is 1. The normalized spacial score (nSPS) is 17.9. The van der Waals surface area contributed by atoms with Crippen LogP contribution in [0.15, 0.2) is 18.2 Å². The molecule has 0 atom stereocenters. The maximum atomic E-state index is 6.13. The Morgan fingerprint density at radius 1 is 1.28 bits per heavy atom. The predicted molar refractivity (Wildman–Crippen MR) is 79.8 cm³/mol. The van der Waals surface area contributed by atoms with Crippen LogP contribution in [-0.2, 0) is 0 Å². The number of hydrogen-bond acceptors (Lipinski definition) is 2. The number of nitrogens with one attached hydrogen (secondary N) is 1. The number of benzene rings is 1. The minimum Gasteiger partial charge on any atom is -0.383 e. The number of nitrogens with zero attached hydrogens (tertiary/aromatic N) is 1. The second-order valence-corrected chi connectivity index (χ2v) is 5.84. The first-order valence-electron chi connectivity index (χ1n) is 6.57. The number of halogens is 2. The van der Waals surface area contributed by atoms with Gasteiger partial charge < -0.3 is 10.2 Å². The van der Waals surface area contributed by atoms with Gasteiger partial charge in [0.25, 0.3) is 0 Å². The second kappa shape index (κ2) is 6.65. The molecule has 0 aromatic heterocycles. The Balaban J connectivity index is 1.77. The van der Waals surface area contributed by atoms with E-state index in [1.165, 1.54) is 25.9 Å². The molecule has 0 bridgehead atoms. The van der Waals surface area contributed by atoms with Crippen LogP contribution in [0.3, 0.4) is 0 Å². The van der Waals surface area contributed by atoms with Gasteiger partial charge in [-0.15, -0.1) is 0 Å². The summed E-state index contributed by atoms with van der Waals surface area (Å²) in [6.45, 7) is 6.74. The van der Waals surface area contributed by atoms with Gasteiger partial charge in [-0.25, -0.2) is 0 Å². The fraction of sp³-hybridized carbons (Fsp3) is 0.571. The first-order chi connectivity index (χ1) is 8.66. The minimum atomic E-state index is 0.605. The summed E-state index contributed by atoms with van der Waals surface area (Å²) >= 11 is 12.1. The van der Waals surface area contributed by atoms with Gasteiger partial charge in [-0.2, -0.15) is 0 Å². The summed E-state index contributed by atoms with van der Waals surface area (Å²) in [5.74, 6) is 0.886. The van der Waals surface area contributed by atoms with Crippen molar-refractivity contribution >= 4 is 28.9 Å². The van der Waals surface area contributed by atoms with Gasteiger partial charge >= 0.3 is 0 Å². The third kappa shape index (κ3) is 3.78. The lowest BCUT2D eigenvalue weighted by molar-refractivity contribution is 0.199. The van der Waals surface area contributed by atoms with Crippen molar-refractivity contribution in [2.75, 3.05) is 31.5 Å². The number of rotatable bonds is 4. The molecule has 0 aliphatic carbocycles. The summed E-state index contributed by atoms with van der Waals surface area (Å²) in [5.41, 5.74) is 0.926. The lowest BCUT2D eigenvalue weighted by atomic mass is 9.99. The zero-order valence-corrected chi connectivity index (χ0v) is 12.3. The van der Waals surface area contributed by atoms with Gasteiger partial charge in [-0.3, -0.25) is 0 Å². The van der Waals surface area contributed by atoms with Gasteiger partial charge in [0.2, 0.25) is 0 Å². The molecular formula is C14H20Cl2N2. The van der Waals surface area contributed by atoms with Crippen molar-refractivity contribution in [2.24, 2.45) is 5.92 Å². The zero-order chi connectivity index (χ0) is 13.0. The second-order valence-electron chi connectivity index (χ2n) is 5.05. The van der Waals surface area contributed by atoms with Crippen LogP contribution in [0.2, 0.25) is 10.0 Å². The fourth-order valence-electron chi connectivity index (χ4n) is 2.27. The van der Waals surface area contributed by atoms with E-state index in [0.717, 1.165) is 24.7 Å². The van der Waals surface area contributed by atoms with Crippen LogP contribution in [0, 0.1) is 5.92 Å². The highest BCUT2D eigenvalue weighted by Gasteiger charge is 2.14. The van der Waals surface area contributed by atoms with Crippen molar-refractivity contribution in [2.45, 2.75) is 19.8 Å². The van der Waals surface area contributed by atoms with Gasteiger partial charge in [0.15, 0.2) is 0 Å². The summed E-state index contributed by atoms with van der Waals surface area (Å²) in [5, 5.41) is 4.58. The van der Waals surface area contributed by atoms with Gasteiger partial charge in [0.05, 0.1) is 15.7 Å². The summed E-state index contributed by atoms with van der Waals surface area (Å²) in [6, 6.07) is 5.69. The molecule has 0 radical (unpaired) electrons. The van der Waals surface area contributed by atoms with Crippen LogP contribution in [-0.4, -0.2) is 31.1 Å². The number of piperidine rings is 1. The number of likely N-dealkylation sites (tertiary alicyclic amines) is 1. The average molecular weight is 287 g/mol. The molecule has 1 aromatic carbocycles. The zero-order valence-electron chi connectivity index (χ0n) is 10.8. The van der Waals surface area contributed by atoms with Gasteiger partial charge in [0, 0.05) is 13.1 Å². The molecule has 0 unspecified atom stereocenters. The van der Waals surface area contributed by atoms with Gasteiger partial charge in [-0.05, 0) is 44.0 Å². The molecule has 2 rings (SSSR count). The monoisotopic (exact) mass is 286 g/mol. The van der Waals surface area contributed by atoms with E-state index >= 15 is 0 Å². The van der Waals surface area contributed by atoms with Gasteiger partial charge in [0.1, 0.15) is 0 Å². The van der Waals surface area contributed by atoms with E-state index < -0.39 is 0 Å². The number of hydrogen-bond donors (Lipinski definition) is 1. The van der Waals surface area contributed by atoms with E-state index in [2.05, 4.69) is 17.1 Å². The molecule has 0 saturated carbocycles. The van der Waals surface area contributed by atoms with E-state index in [1.807, 2.05) is 12.1 Å². The Bertz CT molecular complexity index is 387. The minimum absolute atomic E-state index is 0.605. The molecule has 1 aliphatic rings. The molecule has 1 aliphatic heterocycles. The molecule has 1 heterocycles. The Morgan fingerprint density at radius 2 is 2.00 bits per heavy atom. The molecule has 100 valence electrons. The van der Waals surface area contributed by atoms with Crippen molar-refractivity contribution in [3.63, 3.8) is 0 Å². The molecule has 1 saturated heterocycles. The molecule has 2 nitrogen and oxygen atoms in total. The van der Waals surface area contributed by atoms with Crippen molar-refractivity contribution in [3.8, 4) is 0 Å². The topological polar surface area (TPSA) is 15.3 Å². The summed E-state index contributed by atoms with van der Waals surface area (Å²) in [7, 11) is 0. The van der Waals surface area contributed by atoms with E-state index in [-0.39, 0.29) is 0 Å². The maximum Gasteiger partial charge on any atom is 0.0823 e. The highest BCUT2D eigenvalue weighted by molar-refractivity contribution is 6.43. The smallest absolute Gasteiger partial charge is 0.0823 e. The molecule has 1 N–H and O–H groups in total. The summed E-state index contributed by atoms with van der Waals surface area (Å²) in [6.07, 6.45) is 2.63. The Labute approximate surface area is 119 Å². The van der Waals surface area contributed by atoms with Crippen molar-refractivity contribution in [1.29, 1.82) is 0 Å². The summed E-state index contributed by atoms with van der Waals surface area (Å²) in [4.78, 5) is 2.51. The third-order valence-corrected chi connectivity index (χ3v) is 4.39. The van der Waals surface area contributed by atoms with Crippen LogP contribution in [0.4, 0.5) is 5.69 Å². The Hall–Kier alpha value is -0.440. The quantitative estimate of drug-likeness (QED) is 0.895. The third-order valence-electron chi connectivity index (χ3n) is 3.57. The molecule has 0 amide bonds. The molecular weight excluding hydrogens is 267 g/mol. The van der Waals surface area contributed by atoms with E-state index in [0.29, 0.717) is 10.0 Å². The SMILES string of the molecule is CC1CCN(CCNc2cccc(Cl)c2Cl)CC1. The molecule has 18 heavy (non-hydrogen) atoms. The average Bonchev–Trinajstić information content (AvgIpc) is 2.37. The van der Waals surface area contributed by atoms with Crippen LogP contribution in [0.1, 0.15) is 19.8 Å². The Morgan fingerprint density at radius 3 is 2.72 bits per heavy atom. The maximum absolute atomic E-state index is 6.13. The first kappa shape index (κ1) is 14.0. The highest BCUT2D eigenvalue weighted by atomic mass is 35.5. The van der Waals surface area contributed by atoms with Crippen molar-refractivity contribution in [3.05, 3.63) is 28.2 Å². The van der Waals surface area contributed by atoms with Gasteiger partial charge in [-0.1, -0.05) is 36.2 Å². The van der Waals surface area contributed by atoms with E-state index in [9.17, 15) is 0 Å². The van der Waals surface area contributed by atoms with Crippen LogP contribution >= 0.6 is 23.2 Å². The highest BCUT2D eigenvalue weighted by Crippen LogP contribution is 2.29. The van der Waals surface area contributed by atoms with Crippen LogP contribution in [0.5, 0.6) is 0 Å². The molecule has 0 spiro atoms. The Kier molecular flexibility index (Phi) is 5.16. The lowest BCUT2D eigenvalue weighted by Gasteiger charge is -2.30. The summed E-state index contributed by atoms with van der Waals surface area (Å²) < 4.78 is 0. The van der Waals surface area contributed by atoms with Crippen LogP contribution < -0.4 is 5.32 Å². The van der Waals surface area contributed by atoms with E-state index in [1.54, 1.807) is 6.07 Å². The molecule has 4 heteroatoms. The standard InChI is InChI=1S/C14H20Cl2N2/c1-11-5-8-18(9-6-11)10-7-17-13-4-2-3-12(15)14(13)16/h2-4,11,17H,5-10H2,1H3. The first-order valence-corrected chi connectivity index (χ1v) is 7.32. The molecule has 1 fully saturated rings. The van der Waals surface area contributed by atoms with Crippen LogP contribution in [0.25, 0.3) is 0 Å². The predicted octanol–water partition coefficient (Wildman–Crippen LogP) is 4.14. The molecule has 1 aromatic rings. The lowest BCUT2D eigenvalue weighted by Crippen LogP contribution is -2.36. The van der Waals surface area contributed by atoms with E-state index in [4.69, 9.17) is 23.2 Å². The van der Waals surface area contributed by atoms with Crippen molar-refractivity contribution < 1.29 is 0 Å². The van der Waals surface area contributed by atoms with Crippen molar-refractivity contribution in [1.82, 2.24) is 4.90 Å².